The predicted molar refractivity (Wildman–Crippen MR) is 113 cm³/mol. The van der Waals surface area contributed by atoms with E-state index in [0.29, 0.717) is 12.5 Å². The van der Waals surface area contributed by atoms with Crippen LogP contribution < -0.4 is 4.74 Å². The molecule has 4 aromatic rings. The minimum absolute atomic E-state index is 0.567. The molecule has 0 fully saturated rings. The van der Waals surface area contributed by atoms with Crippen molar-refractivity contribution in [2.45, 2.75) is 33.6 Å². The number of oxazole rings is 1. The standard InChI is InChI=1S/C24H25N3O2/c1-17-16-25-27(21-9-5-4-6-10-21)24(17)15-20-8-7-11-22(14-20)28-13-12-23-18(2)29-19(3)26-23/h4-11,14,16H,12-13,15H2,1-3H3. The highest BCUT2D eigenvalue weighted by atomic mass is 16.5. The Morgan fingerprint density at radius 3 is 2.59 bits per heavy atom. The minimum atomic E-state index is 0.567. The summed E-state index contributed by atoms with van der Waals surface area (Å²) in [7, 11) is 0. The Morgan fingerprint density at radius 2 is 1.83 bits per heavy atom. The molecule has 0 saturated carbocycles. The van der Waals surface area contributed by atoms with Gasteiger partial charge in [-0.2, -0.15) is 5.10 Å². The molecule has 0 saturated heterocycles. The zero-order chi connectivity index (χ0) is 20.2. The van der Waals surface area contributed by atoms with Crippen LogP contribution >= 0.6 is 0 Å². The van der Waals surface area contributed by atoms with E-state index in [4.69, 9.17) is 9.15 Å². The molecule has 2 aromatic heterocycles. The van der Waals surface area contributed by atoms with E-state index < -0.39 is 0 Å². The molecule has 148 valence electrons. The maximum absolute atomic E-state index is 5.98. The van der Waals surface area contributed by atoms with Gasteiger partial charge in [0.1, 0.15) is 11.5 Å². The Bertz CT molecular complexity index is 1100. The van der Waals surface area contributed by atoms with E-state index in [2.05, 4.69) is 41.3 Å². The van der Waals surface area contributed by atoms with E-state index in [1.165, 1.54) is 16.8 Å². The summed E-state index contributed by atoms with van der Waals surface area (Å²) in [6.07, 6.45) is 3.44. The largest absolute Gasteiger partial charge is 0.493 e. The highest BCUT2D eigenvalue weighted by Gasteiger charge is 2.11. The topological polar surface area (TPSA) is 53.1 Å². The first-order valence-corrected chi connectivity index (χ1v) is 9.84. The molecule has 2 aromatic carbocycles. The van der Waals surface area contributed by atoms with Crippen LogP contribution in [0, 0.1) is 20.8 Å². The molecule has 0 aliphatic carbocycles. The second-order valence-electron chi connectivity index (χ2n) is 7.18. The van der Waals surface area contributed by atoms with Crippen LogP contribution in [0.1, 0.15) is 34.2 Å². The molecule has 5 nitrogen and oxygen atoms in total. The van der Waals surface area contributed by atoms with Crippen molar-refractivity contribution in [2.75, 3.05) is 6.61 Å². The second-order valence-corrected chi connectivity index (χ2v) is 7.18. The van der Waals surface area contributed by atoms with Gasteiger partial charge in [0.15, 0.2) is 5.89 Å². The van der Waals surface area contributed by atoms with Crippen molar-refractivity contribution in [3.63, 3.8) is 0 Å². The Labute approximate surface area is 171 Å². The van der Waals surface area contributed by atoms with E-state index >= 15 is 0 Å². The maximum Gasteiger partial charge on any atom is 0.191 e. The first-order valence-electron chi connectivity index (χ1n) is 9.84. The first-order chi connectivity index (χ1) is 14.1. The molecule has 0 unspecified atom stereocenters. The van der Waals surface area contributed by atoms with Crippen LogP contribution in [0.25, 0.3) is 5.69 Å². The van der Waals surface area contributed by atoms with Gasteiger partial charge in [0.2, 0.25) is 0 Å². The molecule has 0 N–H and O–H groups in total. The van der Waals surface area contributed by atoms with Crippen LogP contribution in [0.2, 0.25) is 0 Å². The van der Waals surface area contributed by atoms with Gasteiger partial charge >= 0.3 is 0 Å². The molecule has 5 heteroatoms. The zero-order valence-electron chi connectivity index (χ0n) is 17.1. The number of benzene rings is 2. The van der Waals surface area contributed by atoms with Gasteiger partial charge in [-0.3, -0.25) is 0 Å². The Hall–Kier alpha value is -3.34. The fourth-order valence-corrected chi connectivity index (χ4v) is 3.47. The van der Waals surface area contributed by atoms with Gasteiger partial charge in [0.25, 0.3) is 0 Å². The molecule has 4 rings (SSSR count). The third kappa shape index (κ3) is 4.40. The monoisotopic (exact) mass is 387 g/mol. The summed E-state index contributed by atoms with van der Waals surface area (Å²) in [6, 6.07) is 18.5. The first kappa shape index (κ1) is 19.0. The van der Waals surface area contributed by atoms with E-state index in [-0.39, 0.29) is 0 Å². The van der Waals surface area contributed by atoms with Crippen LogP contribution in [0.15, 0.2) is 65.2 Å². The van der Waals surface area contributed by atoms with Gasteiger partial charge < -0.3 is 9.15 Å². The number of aryl methyl sites for hydroxylation is 3. The fourth-order valence-electron chi connectivity index (χ4n) is 3.47. The fraction of sp³-hybridized carbons (Fsp3) is 0.250. The lowest BCUT2D eigenvalue weighted by Gasteiger charge is -2.11. The Morgan fingerprint density at radius 1 is 1.00 bits per heavy atom. The third-order valence-corrected chi connectivity index (χ3v) is 4.96. The molecule has 0 aliphatic heterocycles. The summed E-state index contributed by atoms with van der Waals surface area (Å²) in [6.45, 7) is 6.47. The van der Waals surface area contributed by atoms with Crippen LogP contribution in [-0.2, 0) is 12.8 Å². The third-order valence-electron chi connectivity index (χ3n) is 4.96. The van der Waals surface area contributed by atoms with Gasteiger partial charge in [-0.15, -0.1) is 0 Å². The number of para-hydroxylation sites is 1. The van der Waals surface area contributed by atoms with Gasteiger partial charge in [0.05, 0.1) is 29.9 Å². The molecular weight excluding hydrogens is 362 g/mol. The summed E-state index contributed by atoms with van der Waals surface area (Å²) in [4.78, 5) is 4.40. The van der Waals surface area contributed by atoms with Crippen LogP contribution in [0.3, 0.4) is 0 Å². The lowest BCUT2D eigenvalue weighted by atomic mass is 10.1. The van der Waals surface area contributed by atoms with E-state index in [1.54, 1.807) is 0 Å². The van der Waals surface area contributed by atoms with Gasteiger partial charge in [-0.1, -0.05) is 30.3 Å². The van der Waals surface area contributed by atoms with Crippen molar-refractivity contribution in [3.8, 4) is 11.4 Å². The molecule has 29 heavy (non-hydrogen) atoms. The smallest absolute Gasteiger partial charge is 0.191 e. The number of hydrogen-bond acceptors (Lipinski definition) is 4. The lowest BCUT2D eigenvalue weighted by molar-refractivity contribution is 0.319. The number of nitrogens with zero attached hydrogens (tertiary/aromatic N) is 3. The highest BCUT2D eigenvalue weighted by molar-refractivity contribution is 5.38. The molecule has 0 bridgehead atoms. The SMILES string of the molecule is Cc1nc(CCOc2cccc(Cc3c(C)cnn3-c3ccccc3)c2)c(C)o1. The van der Waals surface area contributed by atoms with Gasteiger partial charge in [0, 0.05) is 19.8 Å². The van der Waals surface area contributed by atoms with Crippen molar-refractivity contribution in [1.29, 1.82) is 0 Å². The van der Waals surface area contributed by atoms with Crippen molar-refractivity contribution < 1.29 is 9.15 Å². The molecule has 2 heterocycles. The summed E-state index contributed by atoms with van der Waals surface area (Å²) in [5.74, 6) is 2.43. The van der Waals surface area contributed by atoms with Gasteiger partial charge in [-0.05, 0) is 49.2 Å². The Kier molecular flexibility index (Phi) is 5.47. The molecule has 0 radical (unpaired) electrons. The van der Waals surface area contributed by atoms with E-state index in [9.17, 15) is 0 Å². The molecular formula is C24H25N3O2. The number of hydrogen-bond donors (Lipinski definition) is 0. The molecule has 0 amide bonds. The van der Waals surface area contributed by atoms with Crippen molar-refractivity contribution >= 4 is 0 Å². The summed E-state index contributed by atoms with van der Waals surface area (Å²) in [5, 5.41) is 4.57. The van der Waals surface area contributed by atoms with Crippen molar-refractivity contribution in [2.24, 2.45) is 0 Å². The molecule has 0 spiro atoms. The summed E-state index contributed by atoms with van der Waals surface area (Å²) >= 11 is 0. The number of aromatic nitrogens is 3. The molecule has 0 aliphatic rings. The van der Waals surface area contributed by atoms with E-state index in [0.717, 1.165) is 35.7 Å². The quantitative estimate of drug-likeness (QED) is 0.448. The lowest BCUT2D eigenvalue weighted by Crippen LogP contribution is -2.05. The van der Waals surface area contributed by atoms with Crippen LogP contribution in [0.4, 0.5) is 0 Å². The number of rotatable bonds is 7. The van der Waals surface area contributed by atoms with Gasteiger partial charge in [-0.25, -0.2) is 9.67 Å². The zero-order valence-corrected chi connectivity index (χ0v) is 17.1. The number of ether oxygens (including phenoxy) is 1. The van der Waals surface area contributed by atoms with Crippen molar-refractivity contribution in [1.82, 2.24) is 14.8 Å². The maximum atomic E-state index is 5.98. The normalized spacial score (nSPS) is 11.0. The predicted octanol–water partition coefficient (Wildman–Crippen LogP) is 5.00. The average Bonchev–Trinajstić information content (AvgIpc) is 3.24. The highest BCUT2D eigenvalue weighted by Crippen LogP contribution is 2.21. The molecule has 0 atom stereocenters. The Balaban J connectivity index is 1.46. The second kappa shape index (κ2) is 8.35. The van der Waals surface area contributed by atoms with E-state index in [1.807, 2.05) is 55.1 Å². The van der Waals surface area contributed by atoms with Crippen LogP contribution in [-0.4, -0.2) is 21.4 Å². The summed E-state index contributed by atoms with van der Waals surface area (Å²) < 4.78 is 13.5. The average molecular weight is 387 g/mol. The summed E-state index contributed by atoms with van der Waals surface area (Å²) in [5.41, 5.74) is 5.58. The minimum Gasteiger partial charge on any atom is -0.493 e. The van der Waals surface area contributed by atoms with Crippen LogP contribution in [0.5, 0.6) is 5.75 Å². The van der Waals surface area contributed by atoms with Crippen molar-refractivity contribution in [3.05, 3.63) is 95.0 Å².